The molecule has 2 rings (SSSR count). The molecule has 110 valence electrons. The number of nitrogens with zero attached hydrogens (tertiary/aromatic N) is 1. The molecular weight excluding hydrogens is 298 g/mol. The first-order valence-electron chi connectivity index (χ1n) is 6.21. The van der Waals surface area contributed by atoms with Crippen LogP contribution in [-0.4, -0.2) is 19.9 Å². The van der Waals surface area contributed by atoms with E-state index in [0.717, 1.165) is 17.1 Å². The summed E-state index contributed by atoms with van der Waals surface area (Å²) in [5.74, 6) is 0.598. The van der Waals surface area contributed by atoms with E-state index >= 15 is 0 Å². The van der Waals surface area contributed by atoms with Gasteiger partial charge in [-0.2, -0.15) is 0 Å². The highest BCUT2D eigenvalue weighted by atomic mass is 32.2. The molecule has 20 heavy (non-hydrogen) atoms. The van der Waals surface area contributed by atoms with E-state index < -0.39 is 10.0 Å². The summed E-state index contributed by atoms with van der Waals surface area (Å²) < 4.78 is 32.0. The number of aromatic nitrogens is 1. The first-order chi connectivity index (χ1) is 9.53. The maximum Gasteiger partial charge on any atom is 0.274 e. The molecule has 0 aliphatic rings. The van der Waals surface area contributed by atoms with Gasteiger partial charge in [-0.25, -0.2) is 18.1 Å². The maximum absolute atomic E-state index is 12.1. The fourth-order valence-electron chi connectivity index (χ4n) is 1.57. The Morgan fingerprint density at radius 3 is 2.80 bits per heavy atom. The van der Waals surface area contributed by atoms with Crippen molar-refractivity contribution in [2.24, 2.45) is 0 Å². The molecule has 0 fully saturated rings. The van der Waals surface area contributed by atoms with Crippen LogP contribution in [0.4, 0.5) is 0 Å². The summed E-state index contributed by atoms with van der Waals surface area (Å²) in [6.45, 7) is 5.36. The Morgan fingerprint density at radius 2 is 2.15 bits per heavy atom. The van der Waals surface area contributed by atoms with Crippen LogP contribution in [0.25, 0.3) is 0 Å². The minimum absolute atomic E-state index is 0.0624. The van der Waals surface area contributed by atoms with Crippen LogP contribution in [0.5, 0.6) is 0 Å². The number of hydrogen-bond acceptors (Lipinski definition) is 6. The quantitative estimate of drug-likeness (QED) is 0.811. The van der Waals surface area contributed by atoms with Gasteiger partial charge in [0.05, 0.1) is 17.7 Å². The fourth-order valence-corrected chi connectivity index (χ4v) is 3.32. The van der Waals surface area contributed by atoms with Gasteiger partial charge in [-0.05, 0) is 25.6 Å². The first-order valence-corrected chi connectivity index (χ1v) is 8.57. The second-order valence-corrected chi connectivity index (χ2v) is 6.82. The van der Waals surface area contributed by atoms with Gasteiger partial charge >= 0.3 is 0 Å². The molecule has 0 saturated heterocycles. The summed E-state index contributed by atoms with van der Waals surface area (Å²) in [5, 5.41) is 3.01. The standard InChI is InChI=1S/C12H17N3O3S2/c1-3-13-6-10-4-5-12(18-10)20(16,17)15-7-11-9(2)14-8-19-11/h4-5,8,13,15H,3,6-7H2,1-2H3. The minimum atomic E-state index is -3.62. The molecule has 2 N–H and O–H groups in total. The molecule has 0 atom stereocenters. The molecule has 6 nitrogen and oxygen atoms in total. The summed E-state index contributed by atoms with van der Waals surface area (Å²) >= 11 is 1.42. The predicted molar refractivity (Wildman–Crippen MR) is 77.0 cm³/mol. The van der Waals surface area contributed by atoms with Gasteiger partial charge in [0, 0.05) is 11.4 Å². The maximum atomic E-state index is 12.1. The molecule has 0 aromatic carbocycles. The molecule has 0 aliphatic carbocycles. The summed E-state index contributed by atoms with van der Waals surface area (Å²) in [7, 11) is -3.62. The Kier molecular flexibility index (Phi) is 4.92. The lowest BCUT2D eigenvalue weighted by Crippen LogP contribution is -2.22. The van der Waals surface area contributed by atoms with Crippen molar-refractivity contribution in [3.8, 4) is 0 Å². The Bertz CT molecular complexity index is 661. The van der Waals surface area contributed by atoms with Gasteiger partial charge in [-0.3, -0.25) is 0 Å². The predicted octanol–water partition coefficient (Wildman–Crippen LogP) is 1.63. The number of furan rings is 1. The van der Waals surface area contributed by atoms with Gasteiger partial charge in [-0.15, -0.1) is 11.3 Å². The lowest BCUT2D eigenvalue weighted by molar-refractivity contribution is 0.401. The molecule has 0 amide bonds. The molecule has 2 heterocycles. The van der Waals surface area contributed by atoms with Gasteiger partial charge in [0.15, 0.2) is 0 Å². The van der Waals surface area contributed by atoms with E-state index in [1.165, 1.54) is 17.4 Å². The number of nitrogens with one attached hydrogen (secondary N) is 2. The minimum Gasteiger partial charge on any atom is -0.447 e. The van der Waals surface area contributed by atoms with Crippen LogP contribution < -0.4 is 10.0 Å². The van der Waals surface area contributed by atoms with Crippen LogP contribution in [0, 0.1) is 6.92 Å². The van der Waals surface area contributed by atoms with Gasteiger partial charge in [-0.1, -0.05) is 6.92 Å². The highest BCUT2D eigenvalue weighted by molar-refractivity contribution is 7.89. The zero-order chi connectivity index (χ0) is 14.6. The van der Waals surface area contributed by atoms with E-state index in [1.807, 2.05) is 13.8 Å². The Morgan fingerprint density at radius 1 is 1.35 bits per heavy atom. The average molecular weight is 315 g/mol. The van der Waals surface area contributed by atoms with E-state index in [0.29, 0.717) is 12.3 Å². The SMILES string of the molecule is CCNCc1ccc(S(=O)(=O)NCc2scnc2C)o1. The molecular formula is C12H17N3O3S2. The molecule has 2 aromatic heterocycles. The zero-order valence-electron chi connectivity index (χ0n) is 11.3. The van der Waals surface area contributed by atoms with Crippen molar-refractivity contribution in [2.75, 3.05) is 6.54 Å². The Hall–Kier alpha value is -1.22. The van der Waals surface area contributed by atoms with Crippen molar-refractivity contribution in [1.29, 1.82) is 0 Å². The monoisotopic (exact) mass is 315 g/mol. The zero-order valence-corrected chi connectivity index (χ0v) is 13.0. The topological polar surface area (TPSA) is 84.2 Å². The van der Waals surface area contributed by atoms with E-state index in [2.05, 4.69) is 15.0 Å². The van der Waals surface area contributed by atoms with Gasteiger partial charge in [0.2, 0.25) is 5.09 Å². The number of hydrogen-bond donors (Lipinski definition) is 2. The molecule has 0 unspecified atom stereocenters. The average Bonchev–Trinajstić information content (AvgIpc) is 3.03. The number of rotatable bonds is 7. The number of aryl methyl sites for hydroxylation is 1. The van der Waals surface area contributed by atoms with Crippen LogP contribution in [0.1, 0.15) is 23.3 Å². The summed E-state index contributed by atoms with van der Waals surface area (Å²) in [6.07, 6.45) is 0. The lowest BCUT2D eigenvalue weighted by Gasteiger charge is -2.03. The Labute approximate surface area is 122 Å². The largest absolute Gasteiger partial charge is 0.447 e. The first kappa shape index (κ1) is 15.2. The summed E-state index contributed by atoms with van der Waals surface area (Å²) in [5.41, 5.74) is 2.53. The second kappa shape index (κ2) is 6.49. The molecule has 0 bridgehead atoms. The van der Waals surface area contributed by atoms with Gasteiger partial charge in [0.1, 0.15) is 5.76 Å². The van der Waals surface area contributed by atoms with Crippen molar-refractivity contribution in [1.82, 2.24) is 15.0 Å². The van der Waals surface area contributed by atoms with Crippen LogP contribution in [0.2, 0.25) is 0 Å². The van der Waals surface area contributed by atoms with Gasteiger partial charge < -0.3 is 9.73 Å². The van der Waals surface area contributed by atoms with Crippen molar-refractivity contribution in [3.63, 3.8) is 0 Å². The fraction of sp³-hybridized carbons (Fsp3) is 0.417. The third-order valence-electron chi connectivity index (χ3n) is 2.72. The molecule has 8 heteroatoms. The Balaban J connectivity index is 2.03. The molecule has 0 radical (unpaired) electrons. The summed E-state index contributed by atoms with van der Waals surface area (Å²) in [4.78, 5) is 4.98. The molecule has 0 aliphatic heterocycles. The van der Waals surface area contributed by atoms with E-state index in [4.69, 9.17) is 4.42 Å². The van der Waals surface area contributed by atoms with Gasteiger partial charge in [0.25, 0.3) is 10.0 Å². The van der Waals surface area contributed by atoms with Crippen LogP contribution in [-0.2, 0) is 23.1 Å². The third kappa shape index (κ3) is 3.66. The molecule has 0 saturated carbocycles. The van der Waals surface area contributed by atoms with Crippen molar-refractivity contribution >= 4 is 21.4 Å². The van der Waals surface area contributed by atoms with Crippen molar-refractivity contribution < 1.29 is 12.8 Å². The molecule has 0 spiro atoms. The highest BCUT2D eigenvalue weighted by Gasteiger charge is 2.19. The molecule has 2 aromatic rings. The van der Waals surface area contributed by atoms with E-state index in [9.17, 15) is 8.42 Å². The second-order valence-electron chi connectivity index (χ2n) is 4.19. The smallest absolute Gasteiger partial charge is 0.274 e. The lowest BCUT2D eigenvalue weighted by atomic mass is 10.4. The normalized spacial score (nSPS) is 11.9. The number of thiazole rings is 1. The third-order valence-corrected chi connectivity index (χ3v) is 4.93. The van der Waals surface area contributed by atoms with Crippen molar-refractivity contribution in [2.45, 2.75) is 32.0 Å². The van der Waals surface area contributed by atoms with Crippen molar-refractivity contribution in [3.05, 3.63) is 34.0 Å². The van der Waals surface area contributed by atoms with E-state index in [1.54, 1.807) is 11.6 Å². The van der Waals surface area contributed by atoms with E-state index in [-0.39, 0.29) is 11.6 Å². The highest BCUT2D eigenvalue weighted by Crippen LogP contribution is 2.16. The van der Waals surface area contributed by atoms with Crippen LogP contribution in [0.3, 0.4) is 0 Å². The number of sulfonamides is 1. The summed E-state index contributed by atoms with van der Waals surface area (Å²) in [6, 6.07) is 3.13. The van der Waals surface area contributed by atoms with Crippen LogP contribution >= 0.6 is 11.3 Å². The van der Waals surface area contributed by atoms with Crippen LogP contribution in [0.15, 0.2) is 27.2 Å².